The van der Waals surface area contributed by atoms with Crippen LogP contribution in [0.1, 0.15) is 15.9 Å². The summed E-state index contributed by atoms with van der Waals surface area (Å²) in [5, 5.41) is 2.66. The van der Waals surface area contributed by atoms with Gasteiger partial charge in [-0.15, -0.1) is 0 Å². The normalized spacial score (nSPS) is 11.1. The van der Waals surface area contributed by atoms with Gasteiger partial charge in [-0.05, 0) is 73.2 Å². The van der Waals surface area contributed by atoms with Crippen molar-refractivity contribution in [2.45, 2.75) is 11.8 Å². The number of anilines is 2. The zero-order valence-electron chi connectivity index (χ0n) is 14.7. The maximum atomic E-state index is 13.2. The first-order chi connectivity index (χ1) is 13.2. The van der Waals surface area contributed by atoms with Crippen LogP contribution in [0.15, 0.2) is 76.1 Å². The van der Waals surface area contributed by atoms with Gasteiger partial charge < -0.3 is 5.32 Å². The number of hydrogen-bond donors (Lipinski definition) is 2. The second kappa shape index (κ2) is 8.12. The third-order valence-electron chi connectivity index (χ3n) is 3.94. The van der Waals surface area contributed by atoms with E-state index in [1.807, 2.05) is 0 Å². The second-order valence-corrected chi connectivity index (χ2v) is 8.65. The molecule has 0 atom stereocenters. The molecule has 0 fully saturated rings. The van der Waals surface area contributed by atoms with Crippen molar-refractivity contribution in [2.24, 2.45) is 0 Å². The third kappa shape index (κ3) is 4.76. The first-order valence-electron chi connectivity index (χ1n) is 8.20. The Morgan fingerprint density at radius 2 is 1.71 bits per heavy atom. The minimum Gasteiger partial charge on any atom is -0.322 e. The van der Waals surface area contributed by atoms with Gasteiger partial charge in [0.15, 0.2) is 0 Å². The third-order valence-corrected chi connectivity index (χ3v) is 5.85. The van der Waals surface area contributed by atoms with Crippen LogP contribution in [0.2, 0.25) is 0 Å². The number of aryl methyl sites for hydroxylation is 1. The molecule has 3 rings (SSSR count). The molecule has 1 amide bonds. The number of amides is 1. The van der Waals surface area contributed by atoms with E-state index in [1.54, 1.807) is 31.2 Å². The fourth-order valence-corrected chi connectivity index (χ4v) is 3.87. The highest BCUT2D eigenvalue weighted by molar-refractivity contribution is 9.10. The molecule has 0 saturated heterocycles. The Morgan fingerprint density at radius 1 is 1.00 bits per heavy atom. The molecule has 5 nitrogen and oxygen atoms in total. The first kappa shape index (κ1) is 20.0. The maximum Gasteiger partial charge on any atom is 0.261 e. The van der Waals surface area contributed by atoms with Gasteiger partial charge in [0.05, 0.1) is 4.90 Å². The van der Waals surface area contributed by atoms with E-state index in [4.69, 9.17) is 0 Å². The second-order valence-electron chi connectivity index (χ2n) is 6.05. The topological polar surface area (TPSA) is 75.3 Å². The first-order valence-corrected chi connectivity index (χ1v) is 10.5. The van der Waals surface area contributed by atoms with E-state index in [9.17, 15) is 17.6 Å². The molecule has 28 heavy (non-hydrogen) atoms. The predicted molar refractivity (Wildman–Crippen MR) is 110 cm³/mol. The van der Waals surface area contributed by atoms with E-state index in [0.29, 0.717) is 16.9 Å². The number of nitrogens with one attached hydrogen (secondary N) is 2. The molecule has 0 heterocycles. The van der Waals surface area contributed by atoms with Crippen molar-refractivity contribution in [2.75, 3.05) is 10.0 Å². The number of halogens is 2. The summed E-state index contributed by atoms with van der Waals surface area (Å²) in [5.74, 6) is -0.891. The van der Waals surface area contributed by atoms with Crippen molar-refractivity contribution in [1.82, 2.24) is 0 Å². The highest BCUT2D eigenvalue weighted by atomic mass is 79.9. The molecule has 3 aromatic carbocycles. The molecule has 8 heteroatoms. The molecule has 0 aliphatic heterocycles. The molecule has 0 spiro atoms. The van der Waals surface area contributed by atoms with Crippen molar-refractivity contribution in [3.8, 4) is 0 Å². The van der Waals surface area contributed by atoms with Crippen LogP contribution in [-0.2, 0) is 10.0 Å². The molecule has 0 aliphatic carbocycles. The average Bonchev–Trinajstić information content (AvgIpc) is 2.66. The van der Waals surface area contributed by atoms with Crippen molar-refractivity contribution in [1.29, 1.82) is 0 Å². The van der Waals surface area contributed by atoms with Gasteiger partial charge in [-0.25, -0.2) is 12.8 Å². The molecular weight excluding hydrogens is 447 g/mol. The number of rotatable bonds is 5. The summed E-state index contributed by atoms with van der Waals surface area (Å²) in [5.41, 5.74) is 1.59. The molecule has 0 bridgehead atoms. The minimum atomic E-state index is -3.86. The van der Waals surface area contributed by atoms with Gasteiger partial charge in [0.1, 0.15) is 5.82 Å². The van der Waals surface area contributed by atoms with Crippen LogP contribution >= 0.6 is 15.9 Å². The monoisotopic (exact) mass is 462 g/mol. The van der Waals surface area contributed by atoms with Crippen molar-refractivity contribution < 1.29 is 17.6 Å². The Kier molecular flexibility index (Phi) is 5.81. The SMILES string of the molecule is Cc1cc(F)ccc1NC(=O)c1cccc(S(=O)(=O)Nc2ccc(Br)cc2)c1. The molecular formula is C20H16BrFN2O3S. The lowest BCUT2D eigenvalue weighted by atomic mass is 10.1. The fourth-order valence-electron chi connectivity index (χ4n) is 2.50. The molecule has 2 N–H and O–H groups in total. The predicted octanol–water partition coefficient (Wildman–Crippen LogP) is 4.95. The fraction of sp³-hybridized carbons (Fsp3) is 0.0500. The lowest BCUT2D eigenvalue weighted by Crippen LogP contribution is -2.16. The lowest BCUT2D eigenvalue weighted by Gasteiger charge is -2.11. The molecule has 0 unspecified atom stereocenters. The largest absolute Gasteiger partial charge is 0.322 e. The smallest absolute Gasteiger partial charge is 0.261 e. The molecule has 0 radical (unpaired) electrons. The van der Waals surface area contributed by atoms with E-state index in [2.05, 4.69) is 26.0 Å². The molecule has 3 aromatic rings. The van der Waals surface area contributed by atoms with Crippen LogP contribution in [0.5, 0.6) is 0 Å². The van der Waals surface area contributed by atoms with Crippen LogP contribution < -0.4 is 10.0 Å². The minimum absolute atomic E-state index is 0.0427. The summed E-state index contributed by atoms with van der Waals surface area (Å²) in [6.45, 7) is 1.67. The summed E-state index contributed by atoms with van der Waals surface area (Å²) in [6.07, 6.45) is 0. The zero-order chi connectivity index (χ0) is 20.3. The Hall–Kier alpha value is -2.71. The van der Waals surface area contributed by atoms with Gasteiger partial charge in [0, 0.05) is 21.4 Å². The van der Waals surface area contributed by atoms with Crippen molar-refractivity contribution >= 4 is 43.2 Å². The number of carbonyl (C=O) groups excluding carboxylic acids is 1. The summed E-state index contributed by atoms with van der Waals surface area (Å²) in [4.78, 5) is 12.5. The van der Waals surface area contributed by atoms with E-state index in [1.165, 1.54) is 42.5 Å². The van der Waals surface area contributed by atoms with E-state index in [-0.39, 0.29) is 10.5 Å². The Bertz CT molecular complexity index is 1130. The summed E-state index contributed by atoms with van der Waals surface area (Å²) in [7, 11) is -3.86. The number of sulfonamides is 1. The molecule has 144 valence electrons. The van der Waals surface area contributed by atoms with Gasteiger partial charge >= 0.3 is 0 Å². The van der Waals surface area contributed by atoms with E-state index in [0.717, 1.165) is 4.47 Å². The van der Waals surface area contributed by atoms with Crippen LogP contribution in [0.4, 0.5) is 15.8 Å². The van der Waals surface area contributed by atoms with Crippen molar-refractivity contribution in [3.05, 3.63) is 88.1 Å². The molecule has 0 saturated carbocycles. The lowest BCUT2D eigenvalue weighted by molar-refractivity contribution is 0.102. The Labute approximate surface area is 170 Å². The zero-order valence-corrected chi connectivity index (χ0v) is 17.1. The van der Waals surface area contributed by atoms with Gasteiger partial charge in [-0.3, -0.25) is 9.52 Å². The Balaban J connectivity index is 1.82. The van der Waals surface area contributed by atoms with Gasteiger partial charge in [0.25, 0.3) is 15.9 Å². The van der Waals surface area contributed by atoms with E-state index < -0.39 is 21.7 Å². The number of carbonyl (C=O) groups is 1. The van der Waals surface area contributed by atoms with Crippen LogP contribution in [-0.4, -0.2) is 14.3 Å². The number of hydrogen-bond acceptors (Lipinski definition) is 3. The maximum absolute atomic E-state index is 13.2. The van der Waals surface area contributed by atoms with Crippen molar-refractivity contribution in [3.63, 3.8) is 0 Å². The van der Waals surface area contributed by atoms with Crippen LogP contribution in [0.3, 0.4) is 0 Å². The summed E-state index contributed by atoms with van der Waals surface area (Å²) in [6, 6.07) is 16.4. The standard InChI is InChI=1S/C20H16BrFN2O3S/c1-13-11-16(22)7-10-19(13)23-20(25)14-3-2-4-18(12-14)28(26,27)24-17-8-5-15(21)6-9-17/h2-12,24H,1H3,(H,23,25). The number of benzene rings is 3. The Morgan fingerprint density at radius 3 is 2.39 bits per heavy atom. The average molecular weight is 463 g/mol. The quantitative estimate of drug-likeness (QED) is 0.563. The summed E-state index contributed by atoms with van der Waals surface area (Å²) < 4.78 is 41.7. The van der Waals surface area contributed by atoms with Crippen LogP contribution in [0.25, 0.3) is 0 Å². The van der Waals surface area contributed by atoms with Gasteiger partial charge in [-0.1, -0.05) is 22.0 Å². The van der Waals surface area contributed by atoms with Crippen LogP contribution in [0, 0.1) is 12.7 Å². The highest BCUT2D eigenvalue weighted by Gasteiger charge is 2.17. The highest BCUT2D eigenvalue weighted by Crippen LogP contribution is 2.21. The molecule has 0 aliphatic rings. The van der Waals surface area contributed by atoms with E-state index >= 15 is 0 Å². The summed E-state index contributed by atoms with van der Waals surface area (Å²) >= 11 is 3.29. The van der Waals surface area contributed by atoms with Gasteiger partial charge in [0.2, 0.25) is 0 Å². The molecule has 0 aromatic heterocycles. The van der Waals surface area contributed by atoms with Gasteiger partial charge in [-0.2, -0.15) is 0 Å².